The first-order valence-corrected chi connectivity index (χ1v) is 7.09. The van der Waals surface area contributed by atoms with Gasteiger partial charge in [-0.05, 0) is 40.1 Å². The van der Waals surface area contributed by atoms with Gasteiger partial charge < -0.3 is 0 Å². The topological polar surface area (TPSA) is 0 Å². The van der Waals surface area contributed by atoms with Crippen molar-refractivity contribution in [2.24, 2.45) is 0 Å². The van der Waals surface area contributed by atoms with Crippen LogP contribution in [0.4, 0.5) is 0 Å². The molecule has 0 aliphatic rings. The fourth-order valence-electron chi connectivity index (χ4n) is 2.38. The molecular weight excluding hydrogens is 236 g/mol. The van der Waals surface area contributed by atoms with Gasteiger partial charge in [-0.25, -0.2) is 0 Å². The van der Waals surface area contributed by atoms with Gasteiger partial charge in [-0.15, -0.1) is 11.3 Å². The van der Waals surface area contributed by atoms with E-state index in [1.165, 1.54) is 21.2 Å². The molecule has 0 nitrogen and oxygen atoms in total. The van der Waals surface area contributed by atoms with E-state index in [9.17, 15) is 0 Å². The van der Waals surface area contributed by atoms with E-state index in [4.69, 9.17) is 0 Å². The van der Waals surface area contributed by atoms with Gasteiger partial charge in [0.25, 0.3) is 0 Å². The van der Waals surface area contributed by atoms with Crippen LogP contribution in [0.25, 0.3) is 10.1 Å². The molecule has 0 atom stereocenters. The van der Waals surface area contributed by atoms with Gasteiger partial charge in [0, 0.05) is 10.1 Å². The third-order valence-electron chi connectivity index (χ3n) is 3.67. The fraction of sp³-hybridized carbons (Fsp3) is 0.176. The van der Waals surface area contributed by atoms with Gasteiger partial charge in [0.2, 0.25) is 0 Å². The zero-order valence-corrected chi connectivity index (χ0v) is 11.5. The van der Waals surface area contributed by atoms with Crippen molar-refractivity contribution >= 4 is 21.4 Å². The Balaban J connectivity index is 2.12. The predicted octanol–water partition coefficient (Wildman–Crippen LogP) is 5.23. The van der Waals surface area contributed by atoms with Gasteiger partial charge in [0.05, 0.1) is 0 Å². The van der Waals surface area contributed by atoms with E-state index < -0.39 is 0 Å². The summed E-state index contributed by atoms with van der Waals surface area (Å²) in [4.78, 5) is 0. The smallest absolute Gasteiger partial charge is 0.0342 e. The normalized spacial score (nSPS) is 11.9. The van der Waals surface area contributed by atoms with E-state index in [1.807, 2.05) is 0 Å². The number of hydrogen-bond donors (Lipinski definition) is 0. The maximum Gasteiger partial charge on any atom is 0.0342 e. The molecule has 0 N–H and O–H groups in total. The minimum atomic E-state index is 0.0530. The highest BCUT2D eigenvalue weighted by Crippen LogP contribution is 2.34. The number of rotatable bonds is 2. The van der Waals surface area contributed by atoms with Gasteiger partial charge in [-0.1, -0.05) is 50.2 Å². The molecule has 0 aliphatic heterocycles. The maximum absolute atomic E-state index is 2.32. The highest BCUT2D eigenvalue weighted by molar-refractivity contribution is 7.17. The lowest BCUT2D eigenvalue weighted by molar-refractivity contribution is 0.642. The van der Waals surface area contributed by atoms with Crippen LogP contribution < -0.4 is 0 Å². The second kappa shape index (κ2) is 4.25. The molecule has 0 fully saturated rings. The first kappa shape index (κ1) is 11.5. The van der Waals surface area contributed by atoms with Gasteiger partial charge in [0.1, 0.15) is 0 Å². The summed E-state index contributed by atoms with van der Waals surface area (Å²) in [5, 5.41) is 3.51. The van der Waals surface area contributed by atoms with Crippen molar-refractivity contribution < 1.29 is 0 Å². The van der Waals surface area contributed by atoms with Crippen molar-refractivity contribution in [2.75, 3.05) is 0 Å². The summed E-state index contributed by atoms with van der Waals surface area (Å²) in [7, 11) is 0. The lowest BCUT2D eigenvalue weighted by atomic mass is 9.78. The summed E-state index contributed by atoms with van der Waals surface area (Å²) in [6.45, 7) is 4.58. The Bertz CT molecular complexity index is 662. The molecule has 1 heterocycles. The van der Waals surface area contributed by atoms with Crippen LogP contribution in [0, 0.1) is 0 Å². The molecule has 0 spiro atoms. The van der Waals surface area contributed by atoms with E-state index in [0.717, 1.165) is 0 Å². The average Bonchev–Trinajstić information content (AvgIpc) is 2.87. The minimum absolute atomic E-state index is 0.0530. The Morgan fingerprint density at radius 1 is 0.833 bits per heavy atom. The number of thiophene rings is 1. The third kappa shape index (κ3) is 1.85. The van der Waals surface area contributed by atoms with Gasteiger partial charge in [0.15, 0.2) is 0 Å². The monoisotopic (exact) mass is 252 g/mol. The summed E-state index contributed by atoms with van der Waals surface area (Å²) in [6, 6.07) is 19.7. The van der Waals surface area contributed by atoms with E-state index in [1.54, 1.807) is 11.3 Å². The molecule has 0 amide bonds. The lowest BCUT2D eigenvalue weighted by Crippen LogP contribution is -2.18. The van der Waals surface area contributed by atoms with Crippen molar-refractivity contribution in [3.05, 3.63) is 71.1 Å². The molecule has 0 radical (unpaired) electrons. The zero-order valence-electron chi connectivity index (χ0n) is 10.7. The highest BCUT2D eigenvalue weighted by atomic mass is 32.1. The van der Waals surface area contributed by atoms with E-state index in [2.05, 4.69) is 73.8 Å². The number of benzene rings is 2. The van der Waals surface area contributed by atoms with E-state index in [-0.39, 0.29) is 5.41 Å². The summed E-state index contributed by atoms with van der Waals surface area (Å²) in [5.74, 6) is 0. The van der Waals surface area contributed by atoms with Crippen LogP contribution in [-0.2, 0) is 5.41 Å². The maximum atomic E-state index is 2.32. The van der Waals surface area contributed by atoms with E-state index in [0.29, 0.717) is 0 Å². The molecule has 0 saturated heterocycles. The molecule has 0 bridgehead atoms. The average molecular weight is 252 g/mol. The molecule has 18 heavy (non-hydrogen) atoms. The second-order valence-electron chi connectivity index (χ2n) is 5.16. The molecule has 2 aromatic carbocycles. The Morgan fingerprint density at radius 2 is 1.61 bits per heavy atom. The predicted molar refractivity (Wildman–Crippen MR) is 80.4 cm³/mol. The molecule has 1 heteroatoms. The summed E-state index contributed by atoms with van der Waals surface area (Å²) < 4.78 is 1.36. The van der Waals surface area contributed by atoms with Gasteiger partial charge in [-0.2, -0.15) is 0 Å². The van der Waals surface area contributed by atoms with Crippen LogP contribution >= 0.6 is 11.3 Å². The number of hydrogen-bond acceptors (Lipinski definition) is 1. The fourth-order valence-corrected chi connectivity index (χ4v) is 3.15. The van der Waals surface area contributed by atoms with Crippen LogP contribution in [0.1, 0.15) is 25.0 Å². The molecule has 0 saturated carbocycles. The molecule has 3 rings (SSSR count). The first-order valence-electron chi connectivity index (χ1n) is 6.21. The summed E-state index contributed by atoms with van der Waals surface area (Å²) >= 11 is 1.80. The zero-order chi connectivity index (χ0) is 12.6. The molecule has 3 aromatic rings. The van der Waals surface area contributed by atoms with Crippen LogP contribution in [0.2, 0.25) is 0 Å². The van der Waals surface area contributed by atoms with E-state index >= 15 is 0 Å². The van der Waals surface area contributed by atoms with Crippen molar-refractivity contribution in [3.63, 3.8) is 0 Å². The third-order valence-corrected chi connectivity index (χ3v) is 4.57. The standard InChI is InChI=1S/C17H16S/c1-17(2,14-6-4-3-5-7-14)15-8-9-16-13(12-15)10-11-18-16/h3-12H,1-2H3. The Kier molecular flexibility index (Phi) is 2.71. The molecule has 0 aliphatic carbocycles. The Hall–Kier alpha value is -1.60. The highest BCUT2D eigenvalue weighted by Gasteiger charge is 2.22. The van der Waals surface area contributed by atoms with Crippen molar-refractivity contribution in [1.29, 1.82) is 0 Å². The molecule has 90 valence electrons. The lowest BCUT2D eigenvalue weighted by Gasteiger charge is -2.26. The van der Waals surface area contributed by atoms with Crippen molar-refractivity contribution in [1.82, 2.24) is 0 Å². The Labute approximate surface area is 112 Å². The van der Waals surface area contributed by atoms with Gasteiger partial charge >= 0.3 is 0 Å². The van der Waals surface area contributed by atoms with Crippen molar-refractivity contribution in [3.8, 4) is 0 Å². The molecular formula is C17H16S. The van der Waals surface area contributed by atoms with Crippen LogP contribution in [0.15, 0.2) is 60.0 Å². The quantitative estimate of drug-likeness (QED) is 0.586. The SMILES string of the molecule is CC(C)(c1ccccc1)c1ccc2sccc2c1. The van der Waals surface area contributed by atoms with Crippen LogP contribution in [0.3, 0.4) is 0 Å². The van der Waals surface area contributed by atoms with Gasteiger partial charge in [-0.3, -0.25) is 0 Å². The largest absolute Gasteiger partial charge is 0.144 e. The van der Waals surface area contributed by atoms with Crippen LogP contribution in [0.5, 0.6) is 0 Å². The summed E-state index contributed by atoms with van der Waals surface area (Å²) in [6.07, 6.45) is 0. The van der Waals surface area contributed by atoms with Crippen molar-refractivity contribution in [2.45, 2.75) is 19.3 Å². The molecule has 1 aromatic heterocycles. The number of fused-ring (bicyclic) bond motifs is 1. The minimum Gasteiger partial charge on any atom is -0.144 e. The molecule has 0 unspecified atom stereocenters. The van der Waals surface area contributed by atoms with Crippen LogP contribution in [-0.4, -0.2) is 0 Å². The second-order valence-corrected chi connectivity index (χ2v) is 6.11. The Morgan fingerprint density at radius 3 is 2.39 bits per heavy atom. The first-order chi connectivity index (χ1) is 8.68. The summed E-state index contributed by atoms with van der Waals surface area (Å²) in [5.41, 5.74) is 2.79.